The minimum atomic E-state index is -3.47. The van der Waals surface area contributed by atoms with Crippen molar-refractivity contribution in [3.05, 3.63) is 78.3 Å². The molecule has 1 aromatic carbocycles. The first-order valence-electron chi connectivity index (χ1n) is 14.0. The van der Waals surface area contributed by atoms with Crippen molar-refractivity contribution < 1.29 is 21.6 Å². The van der Waals surface area contributed by atoms with Crippen molar-refractivity contribution in [1.29, 1.82) is 0 Å². The lowest BCUT2D eigenvalue weighted by molar-refractivity contribution is 0.0115. The monoisotopic (exact) mass is 633 g/mol. The molecule has 7 rings (SSSR count). The highest BCUT2D eigenvalue weighted by Gasteiger charge is 2.37. The molecule has 11 nitrogen and oxygen atoms in total. The van der Waals surface area contributed by atoms with Gasteiger partial charge in [-0.15, -0.1) is 0 Å². The van der Waals surface area contributed by atoms with Crippen LogP contribution in [-0.4, -0.2) is 73.7 Å². The zero-order valence-corrected chi connectivity index (χ0v) is 24.7. The minimum absolute atomic E-state index is 0.0694. The van der Waals surface area contributed by atoms with Gasteiger partial charge in [0.25, 0.3) is 5.92 Å². The number of rotatable bonds is 8. The van der Waals surface area contributed by atoms with Gasteiger partial charge in [-0.3, -0.25) is 20.0 Å². The minimum Gasteiger partial charge on any atom is -0.335 e. The lowest BCUT2D eigenvalue weighted by Crippen LogP contribution is -2.24. The number of benzene rings is 1. The number of halogens is 3. The number of alkyl halides is 2. The molecule has 6 aromatic rings. The molecule has 15 heteroatoms. The highest BCUT2D eigenvalue weighted by Crippen LogP contribution is 2.33. The van der Waals surface area contributed by atoms with Gasteiger partial charge in [0.2, 0.25) is 10.0 Å². The van der Waals surface area contributed by atoms with E-state index in [1.54, 1.807) is 42.0 Å². The van der Waals surface area contributed by atoms with Crippen LogP contribution in [0, 0.1) is 5.82 Å². The van der Waals surface area contributed by atoms with Gasteiger partial charge in [0.05, 0.1) is 35.4 Å². The van der Waals surface area contributed by atoms with Crippen LogP contribution in [0.5, 0.6) is 0 Å². The number of H-pyrrole nitrogens is 2. The van der Waals surface area contributed by atoms with Crippen LogP contribution in [0.25, 0.3) is 55.8 Å². The van der Waals surface area contributed by atoms with Crippen LogP contribution in [0.3, 0.4) is 0 Å². The summed E-state index contributed by atoms with van der Waals surface area (Å²) in [6, 6.07) is 8.12. The van der Waals surface area contributed by atoms with Gasteiger partial charge in [-0.25, -0.2) is 36.3 Å². The third-order valence-corrected chi connectivity index (χ3v) is 8.29. The van der Waals surface area contributed by atoms with Crippen molar-refractivity contribution in [3.63, 3.8) is 0 Å². The summed E-state index contributed by atoms with van der Waals surface area (Å²) < 4.78 is 67.5. The molecule has 0 saturated carbocycles. The van der Waals surface area contributed by atoms with Crippen molar-refractivity contribution in [2.45, 2.75) is 25.4 Å². The van der Waals surface area contributed by atoms with E-state index in [-0.39, 0.29) is 19.5 Å². The fraction of sp³-hybridized carbons (Fsp3) is 0.233. The molecule has 5 aromatic heterocycles. The molecule has 230 valence electrons. The molecular formula is C30H26F3N9O2S. The fourth-order valence-electron chi connectivity index (χ4n) is 5.55. The predicted molar refractivity (Wildman–Crippen MR) is 162 cm³/mol. The molecule has 0 amide bonds. The molecule has 0 spiro atoms. The van der Waals surface area contributed by atoms with Crippen molar-refractivity contribution in [1.82, 2.24) is 44.7 Å². The van der Waals surface area contributed by atoms with E-state index in [2.05, 4.69) is 34.9 Å². The van der Waals surface area contributed by atoms with Gasteiger partial charge < -0.3 is 4.98 Å². The highest BCUT2D eigenvalue weighted by atomic mass is 32.2. The summed E-state index contributed by atoms with van der Waals surface area (Å²) in [7, 11) is -3.47. The van der Waals surface area contributed by atoms with Crippen LogP contribution in [0.15, 0.2) is 61.3 Å². The number of nitrogens with zero attached hydrogens (tertiary/aromatic N) is 6. The number of imidazole rings is 1. The van der Waals surface area contributed by atoms with Gasteiger partial charge in [0, 0.05) is 67.5 Å². The van der Waals surface area contributed by atoms with Crippen molar-refractivity contribution in [2.24, 2.45) is 0 Å². The van der Waals surface area contributed by atoms with Crippen LogP contribution in [0.2, 0.25) is 0 Å². The third kappa shape index (κ3) is 6.14. The zero-order valence-electron chi connectivity index (χ0n) is 23.9. The molecule has 3 N–H and O–H groups in total. The number of hydrogen-bond acceptors (Lipinski definition) is 8. The van der Waals surface area contributed by atoms with Crippen molar-refractivity contribution in [2.75, 3.05) is 19.3 Å². The van der Waals surface area contributed by atoms with E-state index in [9.17, 15) is 21.6 Å². The summed E-state index contributed by atoms with van der Waals surface area (Å²) in [5.41, 5.74) is 5.99. The summed E-state index contributed by atoms with van der Waals surface area (Å²) in [5.74, 6) is -2.76. The molecule has 1 aliphatic heterocycles. The van der Waals surface area contributed by atoms with Crippen LogP contribution in [-0.2, 0) is 23.1 Å². The molecule has 6 heterocycles. The summed E-state index contributed by atoms with van der Waals surface area (Å²) in [6.07, 6.45) is 9.14. The van der Waals surface area contributed by atoms with Crippen LogP contribution in [0.1, 0.15) is 17.5 Å². The number of aromatic amines is 2. The number of likely N-dealkylation sites (tertiary alicyclic amines) is 1. The molecular weight excluding hydrogens is 607 g/mol. The van der Waals surface area contributed by atoms with Gasteiger partial charge in [-0.1, -0.05) is 0 Å². The summed E-state index contributed by atoms with van der Waals surface area (Å²) >= 11 is 0. The van der Waals surface area contributed by atoms with E-state index in [4.69, 9.17) is 4.98 Å². The maximum absolute atomic E-state index is 14.6. The Balaban J connectivity index is 1.22. The van der Waals surface area contributed by atoms with E-state index in [1.165, 1.54) is 12.1 Å². The standard InChI is InChI=1S/C30H26F3N9O2S/c1-45(43,44)37-10-17-4-19(7-22(31)6-17)24-13-35-14-25-26(24)39-29(38-25)27-23-8-21(12-36-28(23)41-40-27)20-5-18(9-34-11-20)15-42-3-2-30(32,33)16-42/h4-9,11-14,37H,2-3,10,15-16H2,1H3,(H,38,39)(H,36,40,41). The smallest absolute Gasteiger partial charge is 0.261 e. The first-order valence-corrected chi connectivity index (χ1v) is 15.9. The lowest BCUT2D eigenvalue weighted by Gasteiger charge is -2.15. The average Bonchev–Trinajstić information content (AvgIpc) is 3.71. The Morgan fingerprint density at radius 1 is 0.978 bits per heavy atom. The normalized spacial score (nSPS) is 15.4. The Morgan fingerprint density at radius 3 is 2.58 bits per heavy atom. The quantitative estimate of drug-likeness (QED) is 0.220. The first-order chi connectivity index (χ1) is 21.5. The summed E-state index contributed by atoms with van der Waals surface area (Å²) in [5, 5.41) is 8.07. The number of hydrogen-bond donors (Lipinski definition) is 3. The van der Waals surface area contributed by atoms with Gasteiger partial charge in [-0.2, -0.15) is 5.10 Å². The first kappa shape index (κ1) is 29.0. The number of nitrogens with one attached hydrogen (secondary N) is 3. The van der Waals surface area contributed by atoms with E-state index < -0.39 is 21.8 Å². The molecule has 1 fully saturated rings. The van der Waals surface area contributed by atoms with E-state index in [0.29, 0.717) is 63.4 Å². The van der Waals surface area contributed by atoms with Crippen molar-refractivity contribution in [3.8, 4) is 33.8 Å². The fourth-order valence-corrected chi connectivity index (χ4v) is 5.98. The topological polar surface area (TPSA) is 145 Å². The molecule has 0 unspecified atom stereocenters. The molecule has 0 radical (unpaired) electrons. The lowest BCUT2D eigenvalue weighted by atomic mass is 10.0. The summed E-state index contributed by atoms with van der Waals surface area (Å²) in [6.45, 7) is 0.372. The largest absolute Gasteiger partial charge is 0.335 e. The number of fused-ring (bicyclic) bond motifs is 2. The highest BCUT2D eigenvalue weighted by molar-refractivity contribution is 7.88. The second kappa shape index (κ2) is 11.0. The van der Waals surface area contributed by atoms with Gasteiger partial charge >= 0.3 is 0 Å². The molecule has 0 atom stereocenters. The second-order valence-corrected chi connectivity index (χ2v) is 13.0. The zero-order chi connectivity index (χ0) is 31.3. The van der Waals surface area contributed by atoms with Gasteiger partial charge in [0.1, 0.15) is 11.5 Å². The van der Waals surface area contributed by atoms with Crippen molar-refractivity contribution >= 4 is 32.1 Å². The Bertz CT molecular complexity index is 2180. The third-order valence-electron chi connectivity index (χ3n) is 7.63. The maximum atomic E-state index is 14.6. The number of sulfonamides is 1. The molecule has 0 aliphatic carbocycles. The average molecular weight is 634 g/mol. The molecule has 1 aliphatic rings. The van der Waals surface area contributed by atoms with Gasteiger partial charge in [-0.05, 0) is 47.0 Å². The Kier molecular flexibility index (Phi) is 7.10. The predicted octanol–water partition coefficient (Wildman–Crippen LogP) is 4.65. The van der Waals surface area contributed by atoms with Crippen LogP contribution < -0.4 is 4.72 Å². The Hall–Kier alpha value is -4.73. The van der Waals surface area contributed by atoms with E-state index >= 15 is 0 Å². The second-order valence-electron chi connectivity index (χ2n) is 11.2. The van der Waals surface area contributed by atoms with Crippen LogP contribution in [0.4, 0.5) is 13.2 Å². The maximum Gasteiger partial charge on any atom is 0.261 e. The Morgan fingerprint density at radius 2 is 1.78 bits per heavy atom. The summed E-state index contributed by atoms with van der Waals surface area (Å²) in [4.78, 5) is 22.9. The number of pyridine rings is 3. The number of aromatic nitrogens is 7. The van der Waals surface area contributed by atoms with Gasteiger partial charge in [0.15, 0.2) is 11.5 Å². The van der Waals surface area contributed by atoms with E-state index in [0.717, 1.165) is 22.9 Å². The molecule has 0 bridgehead atoms. The molecule has 1 saturated heterocycles. The Labute approximate surface area is 255 Å². The molecule has 45 heavy (non-hydrogen) atoms. The van der Waals surface area contributed by atoms with E-state index in [1.807, 2.05) is 12.1 Å². The SMILES string of the molecule is CS(=O)(=O)NCc1cc(F)cc(-c2cncc3[nH]c(-c4n[nH]c5ncc(-c6cncc(CN7CCC(F)(F)C7)c6)cc45)nc23)c1. The van der Waals surface area contributed by atoms with Crippen LogP contribution >= 0.6 is 0 Å².